The van der Waals surface area contributed by atoms with Gasteiger partial charge in [-0.2, -0.15) is 0 Å². The standard InChI is InChI=1S/C18H19BrO/c1-2-15(13-19)12-16-8-10-18(11-9-16)20-14-17-6-4-3-5-7-17/h3-12H,2,13-14H2,1H3. The van der Waals surface area contributed by atoms with Crippen LogP contribution in [0.25, 0.3) is 6.08 Å². The fourth-order valence-electron chi connectivity index (χ4n) is 1.87. The van der Waals surface area contributed by atoms with E-state index in [-0.39, 0.29) is 0 Å². The number of alkyl halides is 1. The zero-order valence-corrected chi connectivity index (χ0v) is 13.3. The maximum atomic E-state index is 5.77. The fraction of sp³-hybridized carbons (Fsp3) is 0.222. The molecule has 1 nitrogen and oxygen atoms in total. The predicted octanol–water partition coefficient (Wildman–Crippen LogP) is 5.45. The molecular weight excluding hydrogens is 312 g/mol. The first kappa shape index (κ1) is 14.9. The van der Waals surface area contributed by atoms with Gasteiger partial charge in [0.25, 0.3) is 0 Å². The maximum absolute atomic E-state index is 5.77. The number of ether oxygens (including phenoxy) is 1. The summed E-state index contributed by atoms with van der Waals surface area (Å²) >= 11 is 3.51. The lowest BCUT2D eigenvalue weighted by atomic mass is 10.1. The number of halogens is 1. The van der Waals surface area contributed by atoms with Crippen LogP contribution < -0.4 is 4.74 Å². The third-order valence-electron chi connectivity index (χ3n) is 3.12. The summed E-state index contributed by atoms with van der Waals surface area (Å²) < 4.78 is 5.77. The van der Waals surface area contributed by atoms with E-state index in [0.29, 0.717) is 6.61 Å². The van der Waals surface area contributed by atoms with Crippen molar-refractivity contribution < 1.29 is 4.74 Å². The van der Waals surface area contributed by atoms with Gasteiger partial charge in [0, 0.05) is 5.33 Å². The minimum absolute atomic E-state index is 0.609. The van der Waals surface area contributed by atoms with E-state index in [1.807, 2.05) is 30.3 Å². The molecule has 104 valence electrons. The Morgan fingerprint density at radius 2 is 1.75 bits per heavy atom. The molecule has 0 bridgehead atoms. The van der Waals surface area contributed by atoms with Crippen LogP contribution in [0, 0.1) is 0 Å². The van der Waals surface area contributed by atoms with Crippen LogP contribution in [0.3, 0.4) is 0 Å². The SMILES string of the molecule is CCC(=Cc1ccc(OCc2ccccc2)cc1)CBr. The quantitative estimate of drug-likeness (QED) is 0.639. The largest absolute Gasteiger partial charge is 0.489 e. The van der Waals surface area contributed by atoms with E-state index in [0.717, 1.165) is 17.5 Å². The van der Waals surface area contributed by atoms with Crippen LogP contribution in [-0.2, 0) is 6.61 Å². The number of benzene rings is 2. The molecule has 0 atom stereocenters. The van der Waals surface area contributed by atoms with Gasteiger partial charge < -0.3 is 4.74 Å². The molecule has 0 unspecified atom stereocenters. The Morgan fingerprint density at radius 3 is 2.35 bits per heavy atom. The molecule has 0 heterocycles. The van der Waals surface area contributed by atoms with Crippen LogP contribution in [0.5, 0.6) is 5.75 Å². The summed E-state index contributed by atoms with van der Waals surface area (Å²) in [6.45, 7) is 2.78. The number of rotatable bonds is 6. The normalized spacial score (nSPS) is 11.4. The second-order valence-electron chi connectivity index (χ2n) is 4.63. The van der Waals surface area contributed by atoms with Gasteiger partial charge in [-0.3, -0.25) is 0 Å². The molecule has 2 aromatic carbocycles. The smallest absolute Gasteiger partial charge is 0.119 e. The fourth-order valence-corrected chi connectivity index (χ4v) is 2.43. The Kier molecular flexibility index (Phi) is 5.87. The van der Waals surface area contributed by atoms with Crippen molar-refractivity contribution >= 4 is 22.0 Å². The molecule has 0 aliphatic heterocycles. The van der Waals surface area contributed by atoms with E-state index in [4.69, 9.17) is 4.74 Å². The van der Waals surface area contributed by atoms with Crippen LogP contribution in [-0.4, -0.2) is 5.33 Å². The van der Waals surface area contributed by atoms with E-state index >= 15 is 0 Å². The van der Waals surface area contributed by atoms with Gasteiger partial charge in [-0.05, 0) is 29.7 Å². The van der Waals surface area contributed by atoms with Gasteiger partial charge in [0.15, 0.2) is 0 Å². The molecule has 2 heteroatoms. The molecule has 0 aliphatic rings. The zero-order chi connectivity index (χ0) is 14.2. The first-order valence-corrected chi connectivity index (χ1v) is 7.96. The minimum Gasteiger partial charge on any atom is -0.489 e. The molecule has 20 heavy (non-hydrogen) atoms. The van der Waals surface area contributed by atoms with Gasteiger partial charge in [-0.1, -0.05) is 77.0 Å². The van der Waals surface area contributed by atoms with Gasteiger partial charge in [0.1, 0.15) is 12.4 Å². The molecule has 2 aromatic rings. The second kappa shape index (κ2) is 7.91. The number of hydrogen-bond acceptors (Lipinski definition) is 1. The third kappa shape index (κ3) is 4.53. The van der Waals surface area contributed by atoms with Crippen LogP contribution in [0.2, 0.25) is 0 Å². The number of hydrogen-bond donors (Lipinski definition) is 0. The Hall–Kier alpha value is -1.54. The van der Waals surface area contributed by atoms with Crippen LogP contribution in [0.1, 0.15) is 24.5 Å². The van der Waals surface area contributed by atoms with Crippen molar-refractivity contribution in [3.8, 4) is 5.75 Å². The maximum Gasteiger partial charge on any atom is 0.119 e. The van der Waals surface area contributed by atoms with Gasteiger partial charge in [0.2, 0.25) is 0 Å². The molecule has 0 radical (unpaired) electrons. The van der Waals surface area contributed by atoms with Crippen LogP contribution >= 0.6 is 15.9 Å². The molecule has 0 N–H and O–H groups in total. The van der Waals surface area contributed by atoms with Crippen LogP contribution in [0.15, 0.2) is 60.2 Å². The monoisotopic (exact) mass is 330 g/mol. The van der Waals surface area contributed by atoms with Crippen molar-refractivity contribution in [1.29, 1.82) is 0 Å². The van der Waals surface area contributed by atoms with Crippen molar-refractivity contribution in [2.75, 3.05) is 5.33 Å². The lowest BCUT2D eigenvalue weighted by Crippen LogP contribution is -1.94. The Balaban J connectivity index is 1.96. The van der Waals surface area contributed by atoms with Gasteiger partial charge in [0.05, 0.1) is 0 Å². The summed E-state index contributed by atoms with van der Waals surface area (Å²) in [5.74, 6) is 0.905. The van der Waals surface area contributed by atoms with Crippen molar-refractivity contribution in [2.24, 2.45) is 0 Å². The van der Waals surface area contributed by atoms with Gasteiger partial charge >= 0.3 is 0 Å². The van der Waals surface area contributed by atoms with E-state index < -0.39 is 0 Å². The third-order valence-corrected chi connectivity index (χ3v) is 3.85. The van der Waals surface area contributed by atoms with Crippen molar-refractivity contribution in [3.63, 3.8) is 0 Å². The summed E-state index contributed by atoms with van der Waals surface area (Å²) in [6.07, 6.45) is 3.28. The number of allylic oxidation sites excluding steroid dienone is 1. The van der Waals surface area contributed by atoms with Gasteiger partial charge in [-0.15, -0.1) is 0 Å². The Labute approximate surface area is 129 Å². The summed E-state index contributed by atoms with van der Waals surface area (Å²) in [5.41, 5.74) is 3.79. The zero-order valence-electron chi connectivity index (χ0n) is 11.7. The average molecular weight is 331 g/mol. The predicted molar refractivity (Wildman–Crippen MR) is 89.3 cm³/mol. The van der Waals surface area contributed by atoms with E-state index in [1.165, 1.54) is 16.7 Å². The average Bonchev–Trinajstić information content (AvgIpc) is 2.53. The van der Waals surface area contributed by atoms with Crippen LogP contribution in [0.4, 0.5) is 0 Å². The van der Waals surface area contributed by atoms with E-state index in [1.54, 1.807) is 0 Å². The minimum atomic E-state index is 0.609. The first-order valence-electron chi connectivity index (χ1n) is 6.84. The second-order valence-corrected chi connectivity index (χ2v) is 5.19. The summed E-state index contributed by atoms with van der Waals surface area (Å²) in [7, 11) is 0. The van der Waals surface area contributed by atoms with Crippen molar-refractivity contribution in [2.45, 2.75) is 20.0 Å². The topological polar surface area (TPSA) is 9.23 Å². The lowest BCUT2D eigenvalue weighted by Gasteiger charge is -2.07. The molecule has 0 spiro atoms. The first-order chi connectivity index (χ1) is 9.81. The molecule has 0 aliphatic carbocycles. The summed E-state index contributed by atoms with van der Waals surface area (Å²) in [5, 5.41) is 0.926. The highest BCUT2D eigenvalue weighted by Gasteiger charge is 1.97. The Bertz CT molecular complexity index is 537. The molecule has 0 saturated carbocycles. The van der Waals surface area contributed by atoms with E-state index in [2.05, 4.69) is 53.2 Å². The summed E-state index contributed by atoms with van der Waals surface area (Å²) in [6, 6.07) is 18.4. The molecule has 0 aromatic heterocycles. The Morgan fingerprint density at radius 1 is 1.05 bits per heavy atom. The highest BCUT2D eigenvalue weighted by Crippen LogP contribution is 2.17. The molecule has 0 amide bonds. The van der Waals surface area contributed by atoms with Crippen molar-refractivity contribution in [1.82, 2.24) is 0 Å². The molecular formula is C18H19BrO. The molecule has 0 saturated heterocycles. The summed E-state index contributed by atoms with van der Waals surface area (Å²) in [4.78, 5) is 0. The molecule has 0 fully saturated rings. The highest BCUT2D eigenvalue weighted by molar-refractivity contribution is 9.09. The van der Waals surface area contributed by atoms with Crippen molar-refractivity contribution in [3.05, 3.63) is 71.3 Å². The highest BCUT2D eigenvalue weighted by atomic mass is 79.9. The molecule has 2 rings (SSSR count). The van der Waals surface area contributed by atoms with E-state index in [9.17, 15) is 0 Å². The van der Waals surface area contributed by atoms with Gasteiger partial charge in [-0.25, -0.2) is 0 Å². The lowest BCUT2D eigenvalue weighted by molar-refractivity contribution is 0.306.